The number of amides is 1. The van der Waals surface area contributed by atoms with Crippen LogP contribution in [0.3, 0.4) is 0 Å². The van der Waals surface area contributed by atoms with Crippen LogP contribution in [0.5, 0.6) is 5.75 Å². The molecule has 0 aliphatic rings. The van der Waals surface area contributed by atoms with Gasteiger partial charge in [0, 0.05) is 16.8 Å². The number of rotatable bonds is 4. The summed E-state index contributed by atoms with van der Waals surface area (Å²) in [4.78, 5) is 22.1. The Hall–Kier alpha value is -2.66. The van der Waals surface area contributed by atoms with E-state index in [1.807, 2.05) is 0 Å². The number of phenolic OH excluding ortho intramolecular Hbond substituents is 1. The van der Waals surface area contributed by atoms with Crippen molar-refractivity contribution in [2.24, 2.45) is 5.18 Å². The van der Waals surface area contributed by atoms with Crippen molar-refractivity contribution in [1.82, 2.24) is 0 Å². The second-order valence-corrected chi connectivity index (χ2v) is 4.61. The molecule has 0 fully saturated rings. The zero-order valence-electron chi connectivity index (χ0n) is 10.8. The first-order valence-electron chi connectivity index (χ1n) is 5.99. The van der Waals surface area contributed by atoms with Gasteiger partial charge in [-0.1, -0.05) is 23.7 Å². The predicted molar refractivity (Wildman–Crippen MR) is 82.7 cm³/mol. The van der Waals surface area contributed by atoms with Gasteiger partial charge in [0.1, 0.15) is 11.4 Å². The van der Waals surface area contributed by atoms with E-state index in [9.17, 15) is 14.8 Å². The maximum absolute atomic E-state index is 11.7. The molecular formula is C15H11ClN2O3. The average Bonchev–Trinajstić information content (AvgIpc) is 2.45. The number of hydrogen-bond acceptors (Lipinski definition) is 4. The number of carbonyl (C=O) groups excluding carboxylic acids is 1. The van der Waals surface area contributed by atoms with E-state index in [0.29, 0.717) is 16.3 Å². The van der Waals surface area contributed by atoms with Crippen LogP contribution in [0.25, 0.3) is 6.08 Å². The molecule has 0 unspecified atom stereocenters. The first-order chi connectivity index (χ1) is 10.1. The molecule has 0 aliphatic carbocycles. The van der Waals surface area contributed by atoms with E-state index in [4.69, 9.17) is 11.6 Å². The fourth-order valence-electron chi connectivity index (χ4n) is 1.64. The summed E-state index contributed by atoms with van der Waals surface area (Å²) < 4.78 is 0. The summed E-state index contributed by atoms with van der Waals surface area (Å²) >= 11 is 5.82. The number of benzene rings is 2. The van der Waals surface area contributed by atoms with Crippen molar-refractivity contribution in [1.29, 1.82) is 0 Å². The number of nitroso groups, excluding NO2 is 1. The molecule has 0 aromatic heterocycles. The third-order valence-corrected chi connectivity index (χ3v) is 2.85. The standard InChI is InChI=1S/C15H11ClN2O3/c16-11-2-1-3-12(9-11)17-15(20)7-5-10-4-6-13(18-21)14(19)8-10/h1-9,19H,(H,17,20)/b7-5+. The summed E-state index contributed by atoms with van der Waals surface area (Å²) in [6.45, 7) is 0. The van der Waals surface area contributed by atoms with Crippen LogP contribution in [0.15, 0.2) is 53.7 Å². The van der Waals surface area contributed by atoms with Gasteiger partial charge in [0.25, 0.3) is 0 Å². The SMILES string of the molecule is O=Nc1ccc(/C=C/C(=O)Nc2cccc(Cl)c2)cc1O. The van der Waals surface area contributed by atoms with Gasteiger partial charge in [-0.2, -0.15) is 0 Å². The van der Waals surface area contributed by atoms with Crippen molar-refractivity contribution in [3.8, 4) is 5.75 Å². The van der Waals surface area contributed by atoms with Crippen LogP contribution >= 0.6 is 11.6 Å². The highest BCUT2D eigenvalue weighted by Crippen LogP contribution is 2.27. The number of hydrogen-bond donors (Lipinski definition) is 2. The quantitative estimate of drug-likeness (QED) is 0.659. The lowest BCUT2D eigenvalue weighted by molar-refractivity contribution is -0.111. The Morgan fingerprint density at radius 1 is 1.24 bits per heavy atom. The van der Waals surface area contributed by atoms with Crippen molar-refractivity contribution >= 4 is 35.0 Å². The molecule has 0 heterocycles. The van der Waals surface area contributed by atoms with E-state index >= 15 is 0 Å². The van der Waals surface area contributed by atoms with Crippen molar-refractivity contribution < 1.29 is 9.90 Å². The Kier molecular flexibility index (Phi) is 4.68. The maximum Gasteiger partial charge on any atom is 0.248 e. The molecule has 0 saturated heterocycles. The van der Waals surface area contributed by atoms with E-state index in [-0.39, 0.29) is 17.3 Å². The molecule has 1 amide bonds. The van der Waals surface area contributed by atoms with Crippen LogP contribution in [0.1, 0.15) is 5.56 Å². The second-order valence-electron chi connectivity index (χ2n) is 4.17. The number of nitrogens with zero attached hydrogens (tertiary/aromatic N) is 1. The lowest BCUT2D eigenvalue weighted by Crippen LogP contribution is -2.07. The summed E-state index contributed by atoms with van der Waals surface area (Å²) in [5.74, 6) is -0.572. The highest BCUT2D eigenvalue weighted by molar-refractivity contribution is 6.30. The van der Waals surface area contributed by atoms with Crippen molar-refractivity contribution in [2.75, 3.05) is 5.32 Å². The largest absolute Gasteiger partial charge is 0.506 e. The van der Waals surface area contributed by atoms with Gasteiger partial charge in [-0.05, 0) is 47.1 Å². The molecule has 21 heavy (non-hydrogen) atoms. The van der Waals surface area contributed by atoms with Gasteiger partial charge >= 0.3 is 0 Å². The smallest absolute Gasteiger partial charge is 0.248 e. The number of nitrogens with one attached hydrogen (secondary N) is 1. The minimum Gasteiger partial charge on any atom is -0.506 e. The first-order valence-corrected chi connectivity index (χ1v) is 6.37. The van der Waals surface area contributed by atoms with Gasteiger partial charge in [-0.3, -0.25) is 4.79 Å². The van der Waals surface area contributed by atoms with E-state index in [1.54, 1.807) is 30.3 Å². The van der Waals surface area contributed by atoms with E-state index < -0.39 is 0 Å². The average molecular weight is 303 g/mol. The van der Waals surface area contributed by atoms with E-state index in [0.717, 1.165) is 0 Å². The monoisotopic (exact) mass is 302 g/mol. The van der Waals surface area contributed by atoms with Gasteiger partial charge in [0.15, 0.2) is 0 Å². The minimum atomic E-state index is -0.339. The van der Waals surface area contributed by atoms with Crippen LogP contribution in [-0.4, -0.2) is 11.0 Å². The second kappa shape index (κ2) is 6.67. The highest BCUT2D eigenvalue weighted by Gasteiger charge is 2.02. The molecule has 0 radical (unpaired) electrons. The lowest BCUT2D eigenvalue weighted by atomic mass is 10.2. The first kappa shape index (κ1) is 14.7. The van der Waals surface area contributed by atoms with Crippen LogP contribution in [0.2, 0.25) is 5.02 Å². The number of phenols is 1. The van der Waals surface area contributed by atoms with Crippen molar-refractivity contribution in [3.63, 3.8) is 0 Å². The molecule has 106 valence electrons. The van der Waals surface area contributed by atoms with Crippen LogP contribution < -0.4 is 5.32 Å². The number of aromatic hydroxyl groups is 1. The molecule has 0 saturated carbocycles. The molecule has 0 bridgehead atoms. The molecular weight excluding hydrogens is 292 g/mol. The number of carbonyl (C=O) groups is 1. The van der Waals surface area contributed by atoms with Gasteiger partial charge in [-0.15, -0.1) is 4.91 Å². The molecule has 2 aromatic rings. The molecule has 2 aromatic carbocycles. The fraction of sp³-hybridized carbons (Fsp3) is 0. The number of halogens is 1. The normalized spacial score (nSPS) is 10.5. The molecule has 2 N–H and O–H groups in total. The zero-order chi connectivity index (χ0) is 15.2. The van der Waals surface area contributed by atoms with E-state index in [2.05, 4.69) is 10.5 Å². The molecule has 0 aliphatic heterocycles. The van der Waals surface area contributed by atoms with E-state index in [1.165, 1.54) is 24.3 Å². The van der Waals surface area contributed by atoms with Gasteiger partial charge in [0.05, 0.1) is 0 Å². The molecule has 0 atom stereocenters. The molecule has 6 heteroatoms. The van der Waals surface area contributed by atoms with Crippen LogP contribution in [0.4, 0.5) is 11.4 Å². The van der Waals surface area contributed by atoms with Crippen molar-refractivity contribution in [2.45, 2.75) is 0 Å². The van der Waals surface area contributed by atoms with Gasteiger partial charge < -0.3 is 10.4 Å². The van der Waals surface area contributed by atoms with Crippen molar-refractivity contribution in [3.05, 3.63) is 64.0 Å². The Morgan fingerprint density at radius 2 is 2.05 bits per heavy atom. The molecule has 2 rings (SSSR count). The van der Waals surface area contributed by atoms with Crippen LogP contribution in [-0.2, 0) is 4.79 Å². The summed E-state index contributed by atoms with van der Waals surface area (Å²) in [6, 6.07) is 11.1. The fourth-order valence-corrected chi connectivity index (χ4v) is 1.83. The van der Waals surface area contributed by atoms with Crippen LogP contribution in [0, 0.1) is 4.91 Å². The van der Waals surface area contributed by atoms with Gasteiger partial charge in [0.2, 0.25) is 5.91 Å². The summed E-state index contributed by atoms with van der Waals surface area (Å²) in [5.41, 5.74) is 1.11. The Labute approximate surface area is 125 Å². The zero-order valence-corrected chi connectivity index (χ0v) is 11.5. The topological polar surface area (TPSA) is 78.8 Å². The summed E-state index contributed by atoms with van der Waals surface area (Å²) in [6.07, 6.45) is 2.82. The predicted octanol–water partition coefficient (Wildman–Crippen LogP) is 4.10. The lowest BCUT2D eigenvalue weighted by Gasteiger charge is -2.02. The maximum atomic E-state index is 11.7. The third-order valence-electron chi connectivity index (χ3n) is 2.62. The third kappa shape index (κ3) is 4.15. The van der Waals surface area contributed by atoms with Gasteiger partial charge in [-0.25, -0.2) is 0 Å². The Morgan fingerprint density at radius 3 is 2.71 bits per heavy atom. The summed E-state index contributed by atoms with van der Waals surface area (Å²) in [7, 11) is 0. The minimum absolute atomic E-state index is 0.0458. The Balaban J connectivity index is 2.05. The summed E-state index contributed by atoms with van der Waals surface area (Å²) in [5, 5.41) is 15.3. The molecule has 5 nitrogen and oxygen atoms in total. The molecule has 0 spiro atoms. The highest BCUT2D eigenvalue weighted by atomic mass is 35.5. The Bertz CT molecular complexity index is 714. The number of anilines is 1.